The Morgan fingerprint density at radius 3 is 2.34 bits per heavy atom. The van der Waals surface area contributed by atoms with E-state index in [1.165, 1.54) is 12.1 Å². The molecular formula is C24H19Cl2FN4O3S. The maximum Gasteiger partial charge on any atom is 0.267 e. The summed E-state index contributed by atoms with van der Waals surface area (Å²) in [5.41, 5.74) is 0.0364. The molecule has 180 valence electrons. The van der Waals surface area contributed by atoms with Gasteiger partial charge in [-0.15, -0.1) is 0 Å². The first-order valence-electron chi connectivity index (χ1n) is 10.9. The summed E-state index contributed by atoms with van der Waals surface area (Å²) in [6, 6.07) is 10.8. The highest BCUT2D eigenvalue weighted by molar-refractivity contribution is 7.17. The Bertz CT molecular complexity index is 1350. The Kier molecular flexibility index (Phi) is 6.25. The number of para-hydroxylation sites is 1. The summed E-state index contributed by atoms with van der Waals surface area (Å²) in [7, 11) is 0. The van der Waals surface area contributed by atoms with Crippen molar-refractivity contribution in [1.29, 1.82) is 0 Å². The molecule has 11 heteroatoms. The van der Waals surface area contributed by atoms with Gasteiger partial charge in [-0.3, -0.25) is 14.4 Å². The SMILES string of the molecule is O=C(Nc1ccccc1Cl)c1sc(NC(=O)C2(C(=O)Nc3ccc(Cl)c(F)c3)CC2)nc1C1CC1. The zero-order valence-electron chi connectivity index (χ0n) is 18.2. The molecule has 3 aromatic rings. The van der Waals surface area contributed by atoms with E-state index in [0.29, 0.717) is 34.1 Å². The molecule has 0 unspecified atom stereocenters. The van der Waals surface area contributed by atoms with Crippen molar-refractivity contribution in [2.45, 2.75) is 31.6 Å². The van der Waals surface area contributed by atoms with Crippen molar-refractivity contribution in [3.05, 3.63) is 68.9 Å². The molecule has 0 saturated heterocycles. The third-order valence-corrected chi connectivity index (χ3v) is 7.58. The topological polar surface area (TPSA) is 100 Å². The summed E-state index contributed by atoms with van der Waals surface area (Å²) in [4.78, 5) is 43.8. The maximum absolute atomic E-state index is 13.7. The molecule has 7 nitrogen and oxygen atoms in total. The number of nitrogens with one attached hydrogen (secondary N) is 3. The minimum absolute atomic E-state index is 0.0634. The average Bonchev–Trinajstić information content (AvgIpc) is 3.75. The van der Waals surface area contributed by atoms with Crippen molar-refractivity contribution in [2.75, 3.05) is 16.0 Å². The van der Waals surface area contributed by atoms with Gasteiger partial charge in [-0.25, -0.2) is 9.37 Å². The second-order valence-corrected chi connectivity index (χ2v) is 10.4. The number of amides is 3. The van der Waals surface area contributed by atoms with Crippen LogP contribution < -0.4 is 16.0 Å². The molecule has 1 aromatic heterocycles. The monoisotopic (exact) mass is 532 g/mol. The number of aromatic nitrogens is 1. The van der Waals surface area contributed by atoms with Gasteiger partial charge in [0.2, 0.25) is 11.8 Å². The maximum atomic E-state index is 13.7. The third-order valence-electron chi connectivity index (χ3n) is 5.96. The number of halogens is 3. The molecule has 2 aliphatic rings. The van der Waals surface area contributed by atoms with E-state index in [1.807, 2.05) is 0 Å². The Hall–Kier alpha value is -3.01. The van der Waals surface area contributed by atoms with Crippen LogP contribution in [0, 0.1) is 11.2 Å². The molecule has 2 aromatic carbocycles. The molecule has 35 heavy (non-hydrogen) atoms. The predicted molar refractivity (Wildman–Crippen MR) is 134 cm³/mol. The molecule has 0 bridgehead atoms. The molecule has 5 rings (SSSR count). The predicted octanol–water partition coefficient (Wildman–Crippen LogP) is 6.08. The van der Waals surface area contributed by atoms with Gasteiger partial charge in [0.15, 0.2) is 5.13 Å². The summed E-state index contributed by atoms with van der Waals surface area (Å²) >= 11 is 12.9. The van der Waals surface area contributed by atoms with Gasteiger partial charge in [-0.05, 0) is 56.0 Å². The van der Waals surface area contributed by atoms with Gasteiger partial charge < -0.3 is 16.0 Å². The van der Waals surface area contributed by atoms with Crippen LogP contribution >= 0.6 is 34.5 Å². The molecule has 2 fully saturated rings. The fraction of sp³-hybridized carbons (Fsp3) is 0.250. The highest BCUT2D eigenvalue weighted by Gasteiger charge is 2.57. The molecule has 0 atom stereocenters. The van der Waals surface area contributed by atoms with Crippen LogP contribution in [-0.2, 0) is 9.59 Å². The van der Waals surface area contributed by atoms with Crippen molar-refractivity contribution < 1.29 is 18.8 Å². The Morgan fingerprint density at radius 1 is 0.971 bits per heavy atom. The van der Waals surface area contributed by atoms with Gasteiger partial charge in [0.25, 0.3) is 5.91 Å². The van der Waals surface area contributed by atoms with Crippen LogP contribution in [0.5, 0.6) is 0 Å². The van der Waals surface area contributed by atoms with E-state index in [2.05, 4.69) is 20.9 Å². The number of carbonyl (C=O) groups excluding carboxylic acids is 3. The van der Waals surface area contributed by atoms with Crippen LogP contribution in [0.2, 0.25) is 10.0 Å². The number of hydrogen-bond acceptors (Lipinski definition) is 5. The van der Waals surface area contributed by atoms with E-state index < -0.39 is 23.0 Å². The van der Waals surface area contributed by atoms with Crippen molar-refractivity contribution in [3.8, 4) is 0 Å². The minimum atomic E-state index is -1.28. The molecule has 2 saturated carbocycles. The zero-order valence-corrected chi connectivity index (χ0v) is 20.5. The van der Waals surface area contributed by atoms with E-state index in [-0.39, 0.29) is 27.7 Å². The van der Waals surface area contributed by atoms with E-state index in [1.54, 1.807) is 24.3 Å². The molecule has 1 heterocycles. The van der Waals surface area contributed by atoms with E-state index in [0.717, 1.165) is 30.2 Å². The molecule has 3 N–H and O–H groups in total. The van der Waals surface area contributed by atoms with E-state index >= 15 is 0 Å². The number of hydrogen-bond donors (Lipinski definition) is 3. The van der Waals surface area contributed by atoms with Crippen molar-refractivity contribution in [1.82, 2.24) is 4.98 Å². The molecular weight excluding hydrogens is 514 g/mol. The Morgan fingerprint density at radius 2 is 1.69 bits per heavy atom. The molecule has 0 spiro atoms. The summed E-state index contributed by atoms with van der Waals surface area (Å²) in [5, 5.41) is 8.69. The molecule has 0 radical (unpaired) electrons. The lowest BCUT2D eigenvalue weighted by Gasteiger charge is -2.14. The quantitative estimate of drug-likeness (QED) is 0.321. The first kappa shape index (κ1) is 23.7. The zero-order chi connectivity index (χ0) is 24.7. The van der Waals surface area contributed by atoms with Gasteiger partial charge in [-0.2, -0.15) is 0 Å². The third kappa shape index (κ3) is 4.89. The van der Waals surface area contributed by atoms with Gasteiger partial charge in [0, 0.05) is 11.6 Å². The number of rotatable bonds is 7. The fourth-order valence-electron chi connectivity index (χ4n) is 3.65. The Balaban J connectivity index is 1.31. The van der Waals surface area contributed by atoms with Gasteiger partial charge in [0.05, 0.1) is 21.4 Å². The summed E-state index contributed by atoms with van der Waals surface area (Å²) in [5.74, 6) is -1.92. The second-order valence-electron chi connectivity index (χ2n) is 8.56. The van der Waals surface area contributed by atoms with Crippen LogP contribution in [0.15, 0.2) is 42.5 Å². The van der Waals surface area contributed by atoms with Crippen molar-refractivity contribution in [3.63, 3.8) is 0 Å². The highest BCUT2D eigenvalue weighted by Crippen LogP contribution is 2.48. The van der Waals surface area contributed by atoms with Gasteiger partial charge in [-0.1, -0.05) is 46.7 Å². The summed E-state index contributed by atoms with van der Waals surface area (Å²) in [6.45, 7) is 0. The number of carbonyl (C=O) groups is 3. The summed E-state index contributed by atoms with van der Waals surface area (Å²) < 4.78 is 13.7. The highest BCUT2D eigenvalue weighted by atomic mass is 35.5. The molecule has 0 aliphatic heterocycles. The standard InChI is InChI=1S/C24H19Cl2FN4O3S/c25-14-8-7-13(11-16(14)27)28-21(33)24(9-10-24)22(34)31-23-30-18(12-5-6-12)19(35-23)20(32)29-17-4-2-1-3-15(17)26/h1-4,7-8,11-12H,5-6,9-10H2,(H,28,33)(H,29,32)(H,30,31,34). The number of benzene rings is 2. The normalized spacial score (nSPS) is 15.9. The van der Waals surface area contributed by atoms with E-state index in [4.69, 9.17) is 23.2 Å². The first-order chi connectivity index (χ1) is 16.8. The van der Waals surface area contributed by atoms with Crippen LogP contribution in [0.3, 0.4) is 0 Å². The summed E-state index contributed by atoms with van der Waals surface area (Å²) in [6.07, 6.45) is 2.52. The fourth-order valence-corrected chi connectivity index (χ4v) is 4.89. The van der Waals surface area contributed by atoms with Crippen LogP contribution in [0.25, 0.3) is 0 Å². The van der Waals surface area contributed by atoms with Crippen LogP contribution in [0.1, 0.15) is 47.0 Å². The molecule has 2 aliphatic carbocycles. The first-order valence-corrected chi connectivity index (χ1v) is 12.5. The van der Waals surface area contributed by atoms with Crippen LogP contribution in [-0.4, -0.2) is 22.7 Å². The lowest BCUT2D eigenvalue weighted by atomic mass is 10.1. The lowest BCUT2D eigenvalue weighted by Crippen LogP contribution is -2.35. The number of nitrogens with zero attached hydrogens (tertiary/aromatic N) is 1. The number of anilines is 3. The van der Waals surface area contributed by atoms with Crippen LogP contribution in [0.4, 0.5) is 20.9 Å². The Labute approximate surface area is 214 Å². The van der Waals surface area contributed by atoms with Crippen molar-refractivity contribution in [2.24, 2.45) is 5.41 Å². The average molecular weight is 533 g/mol. The van der Waals surface area contributed by atoms with Gasteiger partial charge in [0.1, 0.15) is 16.1 Å². The van der Waals surface area contributed by atoms with Crippen molar-refractivity contribution >= 4 is 68.8 Å². The molecule has 3 amide bonds. The largest absolute Gasteiger partial charge is 0.325 e. The second kappa shape index (κ2) is 9.22. The number of thiazole rings is 1. The minimum Gasteiger partial charge on any atom is -0.325 e. The smallest absolute Gasteiger partial charge is 0.267 e. The van der Waals surface area contributed by atoms with Gasteiger partial charge >= 0.3 is 0 Å². The van der Waals surface area contributed by atoms with E-state index in [9.17, 15) is 18.8 Å². The lowest BCUT2D eigenvalue weighted by molar-refractivity contribution is -0.131.